The number of alkyl halides is 4. The number of pyridine rings is 1. The summed E-state index contributed by atoms with van der Waals surface area (Å²) >= 11 is 0. The number of nitrogens with one attached hydrogen (secondary N) is 2. The van der Waals surface area contributed by atoms with Crippen molar-refractivity contribution in [2.24, 2.45) is 0 Å². The van der Waals surface area contributed by atoms with E-state index in [0.29, 0.717) is 0 Å². The van der Waals surface area contributed by atoms with Crippen molar-refractivity contribution in [3.63, 3.8) is 0 Å². The highest BCUT2D eigenvalue weighted by Gasteiger charge is 2.26. The topological polar surface area (TPSA) is 128 Å². The summed E-state index contributed by atoms with van der Waals surface area (Å²) in [7, 11) is -2.17. The molecule has 0 spiro atoms. The first kappa shape index (κ1) is 21.4. The number of sulfonamides is 1. The second-order valence-electron chi connectivity index (χ2n) is 5.46. The summed E-state index contributed by atoms with van der Waals surface area (Å²) in [5.74, 6) is -2.23. The van der Waals surface area contributed by atoms with E-state index in [0.717, 1.165) is 32.5 Å². The first-order valence-corrected chi connectivity index (χ1v) is 9.38. The molecule has 162 valence electrons. The summed E-state index contributed by atoms with van der Waals surface area (Å²) in [5.41, 5.74) is -0.612. The monoisotopic (exact) mass is 451 g/mol. The number of halogens is 4. The first-order chi connectivity index (χ1) is 14.2. The van der Waals surface area contributed by atoms with Gasteiger partial charge in [0.1, 0.15) is 16.2 Å². The number of hydrogen-bond acceptors (Lipinski definition) is 8. The van der Waals surface area contributed by atoms with Crippen molar-refractivity contribution < 1.29 is 40.2 Å². The van der Waals surface area contributed by atoms with Crippen LogP contribution < -0.4 is 18.9 Å². The van der Waals surface area contributed by atoms with Crippen molar-refractivity contribution >= 4 is 27.0 Å². The molecule has 0 atom stereocenters. The van der Waals surface area contributed by atoms with Crippen molar-refractivity contribution in [2.45, 2.75) is 17.9 Å². The maximum absolute atomic E-state index is 12.8. The van der Waals surface area contributed by atoms with Gasteiger partial charge < -0.3 is 19.2 Å². The summed E-state index contributed by atoms with van der Waals surface area (Å²) in [6.45, 7) is -3.24. The number of ether oxygens (including phenoxy) is 3. The molecule has 3 aromatic heterocycles. The van der Waals surface area contributed by atoms with Crippen LogP contribution in [0.15, 0.2) is 23.2 Å². The Kier molecular flexibility index (Phi) is 5.82. The van der Waals surface area contributed by atoms with Crippen LogP contribution in [0.2, 0.25) is 0 Å². The molecule has 0 aromatic carbocycles. The van der Waals surface area contributed by atoms with Gasteiger partial charge in [0.05, 0.1) is 14.2 Å². The lowest BCUT2D eigenvalue weighted by molar-refractivity contribution is -0.0533. The first-order valence-electron chi connectivity index (χ1n) is 7.90. The van der Waals surface area contributed by atoms with E-state index in [9.17, 15) is 26.0 Å². The number of rotatable bonds is 8. The molecule has 2 N–H and O–H groups in total. The Morgan fingerprint density at radius 2 is 1.67 bits per heavy atom. The van der Waals surface area contributed by atoms with E-state index in [1.807, 2.05) is 4.72 Å². The Hall–Kier alpha value is -3.36. The third kappa shape index (κ3) is 4.14. The fraction of sp³-hybridized carbons (Fsp3) is 0.267. The van der Waals surface area contributed by atoms with Gasteiger partial charge in [-0.25, -0.2) is 26.9 Å². The molecule has 30 heavy (non-hydrogen) atoms. The molecule has 0 saturated carbocycles. The molecule has 0 saturated heterocycles. The molecule has 0 unspecified atom stereocenters. The molecule has 0 fully saturated rings. The smallest absolute Gasteiger partial charge is 0.387 e. The van der Waals surface area contributed by atoms with Crippen LogP contribution >= 0.6 is 0 Å². The second kappa shape index (κ2) is 8.17. The van der Waals surface area contributed by atoms with Crippen LogP contribution in [0.5, 0.6) is 17.5 Å². The Balaban J connectivity index is 2.00. The van der Waals surface area contributed by atoms with Gasteiger partial charge in [0.15, 0.2) is 0 Å². The zero-order valence-corrected chi connectivity index (χ0v) is 16.0. The van der Waals surface area contributed by atoms with Crippen LogP contribution in [0.25, 0.3) is 11.0 Å². The van der Waals surface area contributed by atoms with Crippen LogP contribution in [-0.2, 0) is 10.0 Å². The predicted molar refractivity (Wildman–Crippen MR) is 93.6 cm³/mol. The highest BCUT2D eigenvalue weighted by atomic mass is 32.2. The number of fused-ring (bicyclic) bond motifs is 1. The number of aromatic amines is 1. The Bertz CT molecular complexity index is 1150. The van der Waals surface area contributed by atoms with Gasteiger partial charge >= 0.3 is 6.61 Å². The minimum Gasteiger partial charge on any atom is -0.478 e. The fourth-order valence-corrected chi connectivity index (χ4v) is 3.55. The van der Waals surface area contributed by atoms with E-state index in [4.69, 9.17) is 9.47 Å². The summed E-state index contributed by atoms with van der Waals surface area (Å²) in [4.78, 5) is 13.2. The number of hydrogen-bond donors (Lipinski definition) is 2. The minimum absolute atomic E-state index is 0.0310. The lowest BCUT2D eigenvalue weighted by Gasteiger charge is -2.14. The van der Waals surface area contributed by atoms with Gasteiger partial charge in [-0.2, -0.15) is 18.7 Å². The third-order valence-electron chi connectivity index (χ3n) is 3.66. The molecule has 3 rings (SSSR count). The number of aromatic nitrogens is 4. The molecule has 0 aliphatic rings. The van der Waals surface area contributed by atoms with E-state index in [-0.39, 0.29) is 15.9 Å². The lowest BCUT2D eigenvalue weighted by Crippen LogP contribution is -2.16. The van der Waals surface area contributed by atoms with Crippen molar-refractivity contribution in [1.29, 1.82) is 0 Å². The van der Waals surface area contributed by atoms with Crippen LogP contribution in [0, 0.1) is 0 Å². The zero-order valence-electron chi connectivity index (χ0n) is 15.2. The molecular formula is C15H13F4N5O5S. The number of anilines is 1. The average molecular weight is 451 g/mol. The van der Waals surface area contributed by atoms with Crippen molar-refractivity contribution in [1.82, 2.24) is 19.9 Å². The zero-order chi connectivity index (χ0) is 22.1. The second-order valence-corrected chi connectivity index (χ2v) is 7.12. The molecular weight excluding hydrogens is 438 g/mol. The molecule has 0 amide bonds. The van der Waals surface area contributed by atoms with Crippen molar-refractivity contribution in [3.05, 3.63) is 24.0 Å². The average Bonchev–Trinajstić information content (AvgIpc) is 3.12. The molecule has 15 heteroatoms. The standard InChI is InChI=1S/C15H13F4N5O5S/c1-27-12-9(29-14(18)19)13(28-2)23-15(22-12)24-30(25,26)8-5-20-11-6(8)3-4-7(21-11)10(16)17/h3-5,10,14H,1-2H3,(H,20,21)(H,22,23,24). The van der Waals surface area contributed by atoms with E-state index >= 15 is 0 Å². The van der Waals surface area contributed by atoms with Crippen LogP contribution in [0.3, 0.4) is 0 Å². The third-order valence-corrected chi connectivity index (χ3v) is 5.03. The van der Waals surface area contributed by atoms with E-state index < -0.39 is 52.2 Å². The number of methoxy groups -OCH3 is 2. The van der Waals surface area contributed by atoms with Gasteiger partial charge in [0, 0.05) is 11.6 Å². The quantitative estimate of drug-likeness (QED) is 0.501. The van der Waals surface area contributed by atoms with E-state index in [1.165, 1.54) is 0 Å². The van der Waals surface area contributed by atoms with Gasteiger partial charge in [-0.3, -0.25) is 0 Å². The Labute approximate surface area is 166 Å². The van der Waals surface area contributed by atoms with Crippen molar-refractivity contribution in [3.8, 4) is 17.5 Å². The SMILES string of the molecule is COc1nc(NS(=O)(=O)c2c[nH]c3nc(C(F)F)ccc23)nc(OC)c1OC(F)F. The highest BCUT2D eigenvalue weighted by molar-refractivity contribution is 7.93. The van der Waals surface area contributed by atoms with Gasteiger partial charge in [-0.15, -0.1) is 0 Å². The van der Waals surface area contributed by atoms with Gasteiger partial charge in [0.25, 0.3) is 28.2 Å². The predicted octanol–water partition coefficient (Wildman–Crippen LogP) is 2.71. The van der Waals surface area contributed by atoms with Crippen molar-refractivity contribution in [2.75, 3.05) is 18.9 Å². The molecule has 0 aliphatic heterocycles. The molecule has 0 aliphatic carbocycles. The normalized spacial score (nSPS) is 11.9. The van der Waals surface area contributed by atoms with Crippen LogP contribution in [0.4, 0.5) is 23.5 Å². The van der Waals surface area contributed by atoms with Gasteiger partial charge in [-0.05, 0) is 12.1 Å². The molecule has 3 heterocycles. The van der Waals surface area contributed by atoms with E-state index in [2.05, 4.69) is 24.7 Å². The fourth-order valence-electron chi connectivity index (χ4n) is 2.44. The number of nitrogens with zero attached hydrogens (tertiary/aromatic N) is 3. The Morgan fingerprint density at radius 3 is 2.20 bits per heavy atom. The highest BCUT2D eigenvalue weighted by Crippen LogP contribution is 2.36. The molecule has 3 aromatic rings. The summed E-state index contributed by atoms with van der Waals surface area (Å²) in [6, 6.07) is 2.15. The molecule has 0 radical (unpaired) electrons. The molecule has 0 bridgehead atoms. The molecule has 10 nitrogen and oxygen atoms in total. The lowest BCUT2D eigenvalue weighted by atomic mass is 10.3. The van der Waals surface area contributed by atoms with Crippen LogP contribution in [-0.4, -0.2) is 49.2 Å². The summed E-state index contributed by atoms with van der Waals surface area (Å²) < 4.78 is 92.1. The Morgan fingerprint density at radius 1 is 1.03 bits per heavy atom. The van der Waals surface area contributed by atoms with Gasteiger partial charge in [-0.1, -0.05) is 0 Å². The van der Waals surface area contributed by atoms with Gasteiger partial charge in [0.2, 0.25) is 11.7 Å². The van der Waals surface area contributed by atoms with E-state index in [1.54, 1.807) is 0 Å². The summed E-state index contributed by atoms with van der Waals surface area (Å²) in [5, 5.41) is 0.0310. The largest absolute Gasteiger partial charge is 0.478 e. The maximum Gasteiger partial charge on any atom is 0.387 e. The minimum atomic E-state index is -4.35. The van der Waals surface area contributed by atoms with Crippen LogP contribution in [0.1, 0.15) is 12.1 Å². The number of H-pyrrole nitrogens is 1. The maximum atomic E-state index is 12.8. The summed E-state index contributed by atoms with van der Waals surface area (Å²) in [6.07, 6.45) is -1.80.